The molecule has 0 bridgehead atoms. The van der Waals surface area contributed by atoms with E-state index in [0.717, 1.165) is 17.6 Å². The molecule has 2 aromatic heterocycles. The Morgan fingerprint density at radius 3 is 2.90 bits per heavy atom. The lowest BCUT2D eigenvalue weighted by atomic mass is 10.2. The van der Waals surface area contributed by atoms with Crippen LogP contribution in [0.3, 0.4) is 0 Å². The Bertz CT molecular complexity index is 1060. The Kier molecular flexibility index (Phi) is 7.42. The van der Waals surface area contributed by atoms with E-state index in [1.165, 1.54) is 12.1 Å². The average Bonchev–Trinajstić information content (AvgIpc) is 3.35. The van der Waals surface area contributed by atoms with Gasteiger partial charge in [0.25, 0.3) is 5.91 Å². The summed E-state index contributed by atoms with van der Waals surface area (Å²) < 4.78 is 25.3. The fourth-order valence-electron chi connectivity index (χ4n) is 2.69. The maximum absolute atomic E-state index is 13.9. The van der Waals surface area contributed by atoms with Crippen LogP contribution in [0.15, 0.2) is 36.9 Å². The number of urea groups is 1. The number of rotatable bonds is 9. The van der Waals surface area contributed by atoms with Crippen molar-refractivity contribution in [3.63, 3.8) is 0 Å². The Balaban J connectivity index is 1.59. The van der Waals surface area contributed by atoms with Gasteiger partial charge in [0.1, 0.15) is 23.0 Å². The molecule has 1 atom stereocenters. The van der Waals surface area contributed by atoms with E-state index in [2.05, 4.69) is 20.0 Å². The third-order valence-corrected chi connectivity index (χ3v) is 5.19. The van der Waals surface area contributed by atoms with E-state index in [1.807, 2.05) is 17.7 Å². The molecule has 9 nitrogen and oxygen atoms in total. The maximum Gasteiger partial charge on any atom is 0.319 e. The summed E-state index contributed by atoms with van der Waals surface area (Å²) in [7, 11) is 0. The summed E-state index contributed by atoms with van der Waals surface area (Å²) in [6.07, 6.45) is 5.22. The van der Waals surface area contributed by atoms with Crippen LogP contribution in [0.4, 0.5) is 14.2 Å². The second kappa shape index (κ2) is 10.2. The summed E-state index contributed by atoms with van der Waals surface area (Å²) in [5.41, 5.74) is 5.57. The minimum Gasteiger partial charge on any atom is -0.471 e. The molecule has 164 valence electrons. The first-order valence-electron chi connectivity index (χ1n) is 9.20. The zero-order chi connectivity index (χ0) is 22.4. The summed E-state index contributed by atoms with van der Waals surface area (Å²) in [6, 6.07) is 3.62. The van der Waals surface area contributed by atoms with Crippen LogP contribution in [-0.2, 0) is 13.2 Å². The minimum absolute atomic E-state index is 0.0824. The number of carbonyl (C=O) groups is 2. The second-order valence-corrected chi connectivity index (χ2v) is 7.99. The van der Waals surface area contributed by atoms with E-state index in [4.69, 9.17) is 22.1 Å². The zero-order valence-corrected chi connectivity index (χ0v) is 18.0. The van der Waals surface area contributed by atoms with Crippen LogP contribution in [-0.4, -0.2) is 32.4 Å². The summed E-state index contributed by atoms with van der Waals surface area (Å²) in [4.78, 5) is 28.1. The number of imidazole rings is 1. The first-order valence-corrected chi connectivity index (χ1v) is 10.4. The number of benzene rings is 1. The summed E-state index contributed by atoms with van der Waals surface area (Å²) in [5, 5.41) is 5.68. The molecule has 1 aromatic carbocycles. The van der Waals surface area contributed by atoms with Gasteiger partial charge in [-0.15, -0.1) is 0 Å². The number of nitrogens with two attached hydrogens (primary N) is 1. The Hall–Kier alpha value is -3.18. The smallest absolute Gasteiger partial charge is 0.319 e. The molecule has 0 fully saturated rings. The van der Waals surface area contributed by atoms with Gasteiger partial charge in [-0.3, -0.25) is 10.1 Å². The molecule has 1 unspecified atom stereocenters. The fraction of sp³-hybridized carbons (Fsp3) is 0.263. The number of hydrogen-bond donors (Lipinski definition) is 3. The van der Waals surface area contributed by atoms with Crippen LogP contribution in [0, 0.1) is 11.7 Å². The van der Waals surface area contributed by atoms with E-state index >= 15 is 0 Å². The van der Waals surface area contributed by atoms with Crippen molar-refractivity contribution in [3.05, 3.63) is 58.9 Å². The van der Waals surface area contributed by atoms with Crippen LogP contribution < -0.4 is 21.1 Å². The molecule has 12 heteroatoms. The molecule has 0 saturated carbocycles. The molecule has 3 amide bonds. The van der Waals surface area contributed by atoms with Crippen molar-refractivity contribution in [2.75, 3.05) is 11.9 Å². The number of halogens is 2. The van der Waals surface area contributed by atoms with Crippen molar-refractivity contribution in [2.24, 2.45) is 11.7 Å². The fourth-order valence-corrected chi connectivity index (χ4v) is 3.59. The number of aromatic nitrogens is 3. The number of carbonyl (C=O) groups excluding carboxylic acids is 2. The van der Waals surface area contributed by atoms with Crippen molar-refractivity contribution in [2.45, 2.75) is 20.1 Å². The first kappa shape index (κ1) is 22.5. The summed E-state index contributed by atoms with van der Waals surface area (Å²) in [6.45, 7) is 2.87. The molecule has 3 rings (SSSR count). The minimum atomic E-state index is -0.830. The van der Waals surface area contributed by atoms with E-state index in [1.54, 1.807) is 12.5 Å². The molecular formula is C19H20ClFN6O3S. The third-order valence-electron chi connectivity index (χ3n) is 4.21. The average molecular weight is 467 g/mol. The van der Waals surface area contributed by atoms with Crippen LogP contribution in [0.2, 0.25) is 5.02 Å². The molecule has 0 radical (unpaired) electrons. The second-order valence-electron chi connectivity index (χ2n) is 6.78. The molecule has 0 aliphatic heterocycles. The van der Waals surface area contributed by atoms with Gasteiger partial charge in [-0.1, -0.05) is 24.6 Å². The van der Waals surface area contributed by atoms with Crippen molar-refractivity contribution in [1.82, 2.24) is 19.2 Å². The van der Waals surface area contributed by atoms with E-state index in [9.17, 15) is 14.0 Å². The number of ether oxygens (including phenoxy) is 1. The van der Waals surface area contributed by atoms with Crippen molar-refractivity contribution in [3.8, 4) is 5.88 Å². The van der Waals surface area contributed by atoms with Gasteiger partial charge in [0.05, 0.1) is 6.33 Å². The molecule has 3 aromatic rings. The Morgan fingerprint density at radius 1 is 1.42 bits per heavy atom. The van der Waals surface area contributed by atoms with Gasteiger partial charge in [0.15, 0.2) is 0 Å². The van der Waals surface area contributed by atoms with Gasteiger partial charge >= 0.3 is 6.03 Å². The number of amides is 3. The largest absolute Gasteiger partial charge is 0.471 e. The summed E-state index contributed by atoms with van der Waals surface area (Å²) in [5.74, 6) is -1.32. The van der Waals surface area contributed by atoms with Crippen molar-refractivity contribution < 1.29 is 18.7 Å². The van der Waals surface area contributed by atoms with Gasteiger partial charge in [0, 0.05) is 36.1 Å². The molecule has 0 aliphatic carbocycles. The van der Waals surface area contributed by atoms with Crippen LogP contribution in [0.25, 0.3) is 0 Å². The van der Waals surface area contributed by atoms with Gasteiger partial charge in [-0.05, 0) is 29.6 Å². The normalized spacial score (nSPS) is 11.7. The molecule has 2 heterocycles. The standard InChI is InChI=1S/C19H20ClFN6O3S/c1-11(8-27-5-4-23-10-27)7-24-19(29)25-18-15(16(22)28)17(26-31-18)30-9-12-2-3-13(20)6-14(12)21/h2-6,10-11H,7-9H2,1H3,(H2,22,28)(H2,24,25,29). The van der Waals surface area contributed by atoms with Gasteiger partial charge in [0.2, 0.25) is 5.88 Å². The summed E-state index contributed by atoms with van der Waals surface area (Å²) >= 11 is 6.57. The van der Waals surface area contributed by atoms with Crippen molar-refractivity contribution in [1.29, 1.82) is 0 Å². The number of anilines is 1. The zero-order valence-electron chi connectivity index (χ0n) is 16.5. The maximum atomic E-state index is 13.9. The Labute approximate surface area is 186 Å². The molecule has 0 saturated heterocycles. The number of nitrogens with zero attached hydrogens (tertiary/aromatic N) is 3. The van der Waals surface area contributed by atoms with Gasteiger partial charge in [-0.2, -0.15) is 4.37 Å². The number of primary amides is 1. The highest BCUT2D eigenvalue weighted by atomic mass is 35.5. The highest BCUT2D eigenvalue weighted by molar-refractivity contribution is 7.11. The quantitative estimate of drug-likeness (QED) is 0.446. The SMILES string of the molecule is CC(CNC(=O)Nc1snc(OCc2ccc(Cl)cc2F)c1C(N)=O)Cn1ccnc1. The molecular weight excluding hydrogens is 447 g/mol. The van der Waals surface area contributed by atoms with E-state index in [0.29, 0.717) is 13.1 Å². The van der Waals surface area contributed by atoms with Crippen LogP contribution >= 0.6 is 23.1 Å². The number of nitrogens with one attached hydrogen (secondary N) is 2. The lowest BCUT2D eigenvalue weighted by molar-refractivity contribution is 0.0996. The lowest BCUT2D eigenvalue weighted by Gasteiger charge is -2.13. The highest BCUT2D eigenvalue weighted by Crippen LogP contribution is 2.31. The lowest BCUT2D eigenvalue weighted by Crippen LogP contribution is -2.33. The first-order chi connectivity index (χ1) is 14.8. The molecule has 4 N–H and O–H groups in total. The van der Waals surface area contributed by atoms with Crippen LogP contribution in [0.5, 0.6) is 5.88 Å². The number of hydrogen-bond acceptors (Lipinski definition) is 6. The molecule has 31 heavy (non-hydrogen) atoms. The van der Waals surface area contributed by atoms with Crippen LogP contribution in [0.1, 0.15) is 22.8 Å². The van der Waals surface area contributed by atoms with Gasteiger partial charge in [-0.25, -0.2) is 14.2 Å². The molecule has 0 spiro atoms. The van der Waals surface area contributed by atoms with Crippen molar-refractivity contribution >= 4 is 40.1 Å². The predicted molar refractivity (Wildman–Crippen MR) is 115 cm³/mol. The third kappa shape index (κ3) is 6.15. The topological polar surface area (TPSA) is 124 Å². The molecule has 0 aliphatic rings. The van der Waals surface area contributed by atoms with Gasteiger partial charge < -0.3 is 20.4 Å². The highest BCUT2D eigenvalue weighted by Gasteiger charge is 2.22. The van der Waals surface area contributed by atoms with E-state index in [-0.39, 0.29) is 39.6 Å². The monoisotopic (exact) mass is 466 g/mol. The predicted octanol–water partition coefficient (Wildman–Crippen LogP) is 3.27. The van der Waals surface area contributed by atoms with E-state index < -0.39 is 17.8 Å². The Morgan fingerprint density at radius 2 is 2.23 bits per heavy atom.